The van der Waals surface area contributed by atoms with Gasteiger partial charge >= 0.3 is 5.69 Å². The number of nitrogens with zero attached hydrogens (tertiary/aromatic N) is 6. The monoisotopic (exact) mass is 566 g/mol. The molecule has 1 saturated heterocycles. The highest BCUT2D eigenvalue weighted by molar-refractivity contribution is 6.04. The van der Waals surface area contributed by atoms with E-state index in [-0.39, 0.29) is 29.4 Å². The van der Waals surface area contributed by atoms with Crippen LogP contribution >= 0.6 is 0 Å². The summed E-state index contributed by atoms with van der Waals surface area (Å²) < 4.78 is 3.27. The van der Waals surface area contributed by atoms with Crippen molar-refractivity contribution in [2.75, 3.05) is 44.8 Å². The lowest BCUT2D eigenvalue weighted by atomic mass is 10.0. The lowest BCUT2D eigenvalue weighted by molar-refractivity contribution is -0.125. The number of likely N-dealkylation sites (tertiary alicyclic amines) is 1. The van der Waals surface area contributed by atoms with Crippen LogP contribution in [0.15, 0.2) is 77.9 Å². The van der Waals surface area contributed by atoms with Crippen LogP contribution in [0.5, 0.6) is 0 Å². The zero-order valence-corrected chi connectivity index (χ0v) is 23.7. The smallest absolute Gasteiger partial charge is 0.335 e. The van der Waals surface area contributed by atoms with Gasteiger partial charge in [0.1, 0.15) is 11.8 Å². The van der Waals surface area contributed by atoms with Crippen molar-refractivity contribution in [3.8, 4) is 5.69 Å². The molecule has 0 bridgehead atoms. The number of imidazole rings is 1. The second-order valence-corrected chi connectivity index (χ2v) is 11.3. The summed E-state index contributed by atoms with van der Waals surface area (Å²) in [6, 6.07) is 16.0. The molecule has 11 heteroatoms. The van der Waals surface area contributed by atoms with E-state index in [1.165, 1.54) is 10.9 Å². The van der Waals surface area contributed by atoms with Gasteiger partial charge in [-0.15, -0.1) is 0 Å². The molecule has 216 valence electrons. The maximum atomic E-state index is 14.0. The highest BCUT2D eigenvalue weighted by Gasteiger charge is 2.43. The molecular formula is C31H34N8O3. The molecule has 0 spiro atoms. The third-order valence-electron chi connectivity index (χ3n) is 8.23. The van der Waals surface area contributed by atoms with Gasteiger partial charge < -0.3 is 20.9 Å². The van der Waals surface area contributed by atoms with Crippen molar-refractivity contribution in [1.82, 2.24) is 28.9 Å². The molecular weight excluding hydrogens is 532 g/mol. The van der Waals surface area contributed by atoms with Gasteiger partial charge in [0.2, 0.25) is 5.91 Å². The molecule has 2 unspecified atom stereocenters. The number of rotatable bonds is 7. The number of carbonyl (C=O) groups is 2. The maximum absolute atomic E-state index is 14.0. The molecule has 11 nitrogen and oxygen atoms in total. The van der Waals surface area contributed by atoms with E-state index in [9.17, 15) is 14.4 Å². The predicted octanol–water partition coefficient (Wildman–Crippen LogP) is 2.94. The first kappa shape index (κ1) is 27.4. The molecule has 2 amide bonds. The molecule has 1 aliphatic carbocycles. The molecule has 1 saturated carbocycles. The fraction of sp³-hybridized carbons (Fsp3) is 0.323. The minimum atomic E-state index is -0.247. The van der Waals surface area contributed by atoms with Crippen LogP contribution in [0.3, 0.4) is 0 Å². The highest BCUT2D eigenvalue weighted by atomic mass is 16.2. The van der Waals surface area contributed by atoms with Crippen molar-refractivity contribution in [1.29, 1.82) is 0 Å². The summed E-state index contributed by atoms with van der Waals surface area (Å²) in [7, 11) is 3.93. The Labute approximate surface area is 243 Å². The van der Waals surface area contributed by atoms with Crippen LogP contribution in [0.1, 0.15) is 29.2 Å². The van der Waals surface area contributed by atoms with Gasteiger partial charge in [-0.25, -0.2) is 14.8 Å². The topological polar surface area (TPSA) is 131 Å². The van der Waals surface area contributed by atoms with Gasteiger partial charge in [-0.05, 0) is 75.2 Å². The summed E-state index contributed by atoms with van der Waals surface area (Å²) in [5, 5.41) is 2.87. The van der Waals surface area contributed by atoms with Crippen molar-refractivity contribution in [3.63, 3.8) is 0 Å². The number of aromatic nitrogens is 4. The fourth-order valence-corrected chi connectivity index (χ4v) is 6.25. The molecule has 1 aliphatic heterocycles. The van der Waals surface area contributed by atoms with Crippen LogP contribution in [-0.4, -0.2) is 74.4 Å². The molecule has 2 aromatic carbocycles. The molecule has 2 aliphatic rings. The average Bonchev–Trinajstić information content (AvgIpc) is 3.63. The molecule has 2 fully saturated rings. The number of hydrogen-bond acceptors (Lipinski definition) is 7. The number of anilines is 2. The van der Waals surface area contributed by atoms with E-state index < -0.39 is 0 Å². The number of benzene rings is 2. The normalized spacial score (nSPS) is 20.1. The zero-order chi connectivity index (χ0) is 29.4. The van der Waals surface area contributed by atoms with Gasteiger partial charge in [0.15, 0.2) is 11.5 Å². The maximum Gasteiger partial charge on any atom is 0.335 e. The van der Waals surface area contributed by atoms with E-state index in [0.717, 1.165) is 19.4 Å². The number of hydrogen-bond donors (Lipinski definition) is 2. The minimum absolute atomic E-state index is 0.0398. The lowest BCUT2D eigenvalue weighted by Gasteiger charge is -2.18. The van der Waals surface area contributed by atoms with Crippen molar-refractivity contribution in [3.05, 3.63) is 89.1 Å². The third-order valence-corrected chi connectivity index (χ3v) is 8.23. The number of nitrogen functional groups attached to an aromatic ring is 1. The lowest BCUT2D eigenvalue weighted by Crippen LogP contribution is -2.30. The molecule has 6 rings (SSSR count). The minimum Gasteiger partial charge on any atom is -0.382 e. The molecule has 2 atom stereocenters. The molecule has 0 radical (unpaired) electrons. The second kappa shape index (κ2) is 11.2. The summed E-state index contributed by atoms with van der Waals surface area (Å²) in [5.41, 5.74) is 8.72. The first-order chi connectivity index (χ1) is 20.3. The Hall–Kier alpha value is -4.77. The molecule has 3 heterocycles. The molecule has 4 aromatic rings. The number of amides is 2. The Balaban J connectivity index is 1.24. The van der Waals surface area contributed by atoms with Crippen LogP contribution in [0.25, 0.3) is 16.9 Å². The van der Waals surface area contributed by atoms with Crippen LogP contribution in [0.4, 0.5) is 11.5 Å². The number of nitrogens with one attached hydrogen (secondary N) is 1. The summed E-state index contributed by atoms with van der Waals surface area (Å²) in [6.07, 6.45) is 6.48. The van der Waals surface area contributed by atoms with Crippen molar-refractivity contribution >= 4 is 34.5 Å². The number of nitrogens with two attached hydrogens (primary N) is 1. The van der Waals surface area contributed by atoms with E-state index in [2.05, 4.69) is 15.3 Å². The second-order valence-electron chi connectivity index (χ2n) is 11.3. The van der Waals surface area contributed by atoms with Gasteiger partial charge in [-0.1, -0.05) is 24.3 Å². The number of para-hydroxylation sites is 1. The van der Waals surface area contributed by atoms with E-state index in [0.29, 0.717) is 53.0 Å². The van der Waals surface area contributed by atoms with E-state index in [1.807, 2.05) is 60.3 Å². The Bertz CT molecular complexity index is 1690. The number of carbonyl (C=O) groups excluding carboxylic acids is 2. The fourth-order valence-electron chi connectivity index (χ4n) is 6.25. The van der Waals surface area contributed by atoms with Crippen LogP contribution in [0, 0.1) is 11.8 Å². The van der Waals surface area contributed by atoms with Crippen molar-refractivity contribution < 1.29 is 9.59 Å². The summed E-state index contributed by atoms with van der Waals surface area (Å²) in [6.45, 7) is 2.09. The van der Waals surface area contributed by atoms with E-state index in [1.54, 1.807) is 34.9 Å². The van der Waals surface area contributed by atoms with E-state index >= 15 is 0 Å². The third kappa shape index (κ3) is 5.18. The van der Waals surface area contributed by atoms with Crippen LogP contribution < -0.4 is 16.7 Å². The molecule has 2 aromatic heterocycles. The SMILES string of the molecule is CN(C)CC=CC(=O)N1CC2CC(n3c(=O)n(-c4ccc(C(=O)Nc5ccccc5)cc4)c4c(N)ncnc43)CC2C1. The van der Waals surface area contributed by atoms with Gasteiger partial charge in [0.25, 0.3) is 5.91 Å². The first-order valence-corrected chi connectivity index (χ1v) is 14.1. The number of likely N-dealkylation sites (N-methyl/N-ethyl adjacent to an activating group) is 1. The van der Waals surface area contributed by atoms with Crippen LogP contribution in [-0.2, 0) is 4.79 Å². The predicted molar refractivity (Wildman–Crippen MR) is 161 cm³/mol. The standard InChI is InChI=1S/C31H34N8O3/c1-36(2)14-6-9-26(40)37-17-21-15-25(16-22(21)18-37)39-29-27(28(32)33-19-34-29)38(31(39)42)24-12-10-20(11-13-24)30(41)35-23-7-4-3-5-8-23/h3-13,19,21-22,25H,14-18H2,1-2H3,(H,35,41)(H2,32,33,34). The first-order valence-electron chi connectivity index (χ1n) is 14.1. The Morgan fingerprint density at radius 3 is 2.38 bits per heavy atom. The average molecular weight is 567 g/mol. The summed E-state index contributed by atoms with van der Waals surface area (Å²) >= 11 is 0. The Morgan fingerprint density at radius 1 is 1.02 bits per heavy atom. The Kier molecular flexibility index (Phi) is 7.34. The van der Waals surface area contributed by atoms with Gasteiger partial charge in [0.05, 0.1) is 5.69 Å². The van der Waals surface area contributed by atoms with Gasteiger partial charge in [-0.3, -0.25) is 18.7 Å². The van der Waals surface area contributed by atoms with Crippen molar-refractivity contribution in [2.24, 2.45) is 11.8 Å². The largest absolute Gasteiger partial charge is 0.382 e. The quantitative estimate of drug-likeness (QED) is 0.329. The highest BCUT2D eigenvalue weighted by Crippen LogP contribution is 2.44. The zero-order valence-electron chi connectivity index (χ0n) is 23.7. The Morgan fingerprint density at radius 2 is 1.71 bits per heavy atom. The van der Waals surface area contributed by atoms with Gasteiger partial charge in [-0.2, -0.15) is 0 Å². The van der Waals surface area contributed by atoms with Gasteiger partial charge in [0, 0.05) is 43.0 Å². The molecule has 42 heavy (non-hydrogen) atoms. The van der Waals surface area contributed by atoms with Crippen molar-refractivity contribution in [2.45, 2.75) is 18.9 Å². The summed E-state index contributed by atoms with van der Waals surface area (Å²) in [5.74, 6) is 0.629. The van der Waals surface area contributed by atoms with E-state index in [4.69, 9.17) is 5.73 Å². The number of fused-ring (bicyclic) bond motifs is 2. The summed E-state index contributed by atoms with van der Waals surface area (Å²) in [4.78, 5) is 52.0. The molecule has 3 N–H and O–H groups in total. The van der Waals surface area contributed by atoms with Crippen LogP contribution in [0.2, 0.25) is 0 Å².